The molecule has 2 aromatic rings. The van der Waals surface area contributed by atoms with Crippen LogP contribution >= 0.6 is 0 Å². The lowest BCUT2D eigenvalue weighted by molar-refractivity contribution is -0.139. The van der Waals surface area contributed by atoms with Crippen LogP contribution < -0.4 is 9.47 Å². The monoisotopic (exact) mass is 442 g/mol. The van der Waals surface area contributed by atoms with Gasteiger partial charge in [-0.25, -0.2) is 4.79 Å². The number of halogens is 3. The van der Waals surface area contributed by atoms with E-state index in [0.717, 1.165) is 17.7 Å². The SMILES string of the molecule is CCOC(COCc1ccc(C(F)(F)F)cc1)COc1ccc(OCC(=O)O)c(C)c1. The second-order valence-corrected chi connectivity index (χ2v) is 6.71. The molecule has 0 saturated heterocycles. The summed E-state index contributed by atoms with van der Waals surface area (Å²) in [5.74, 6) is -0.0424. The van der Waals surface area contributed by atoms with Gasteiger partial charge in [-0.1, -0.05) is 12.1 Å². The van der Waals surface area contributed by atoms with E-state index in [2.05, 4.69) is 0 Å². The average Bonchev–Trinajstić information content (AvgIpc) is 2.71. The van der Waals surface area contributed by atoms with Gasteiger partial charge in [0, 0.05) is 6.61 Å². The van der Waals surface area contributed by atoms with Crippen LogP contribution in [0.4, 0.5) is 13.2 Å². The molecule has 9 heteroatoms. The van der Waals surface area contributed by atoms with Crippen molar-refractivity contribution in [1.29, 1.82) is 0 Å². The lowest BCUT2D eigenvalue weighted by atomic mass is 10.1. The quantitative estimate of drug-likeness (QED) is 0.523. The first-order valence-electron chi connectivity index (χ1n) is 9.62. The van der Waals surface area contributed by atoms with E-state index < -0.39 is 24.3 Å². The van der Waals surface area contributed by atoms with Crippen molar-refractivity contribution in [3.63, 3.8) is 0 Å². The zero-order valence-electron chi connectivity index (χ0n) is 17.3. The van der Waals surface area contributed by atoms with E-state index in [0.29, 0.717) is 23.7 Å². The number of aliphatic carboxylic acids is 1. The van der Waals surface area contributed by atoms with Crippen molar-refractivity contribution < 1.29 is 42.0 Å². The maximum atomic E-state index is 12.6. The van der Waals surface area contributed by atoms with Crippen molar-refractivity contribution in [1.82, 2.24) is 0 Å². The number of carboxylic acid groups (broad SMARTS) is 1. The largest absolute Gasteiger partial charge is 0.491 e. The molecule has 1 unspecified atom stereocenters. The molecular formula is C22H25F3O6. The Hall–Kier alpha value is -2.78. The van der Waals surface area contributed by atoms with Gasteiger partial charge in [0.25, 0.3) is 0 Å². The molecule has 0 radical (unpaired) electrons. The predicted molar refractivity (Wildman–Crippen MR) is 106 cm³/mol. The number of rotatable bonds is 12. The van der Waals surface area contributed by atoms with Crippen LogP contribution in [-0.2, 0) is 27.1 Å². The molecule has 1 N–H and O–H groups in total. The van der Waals surface area contributed by atoms with Crippen molar-refractivity contribution >= 4 is 5.97 Å². The Morgan fingerprint density at radius 1 is 1.06 bits per heavy atom. The van der Waals surface area contributed by atoms with Gasteiger partial charge in [0.15, 0.2) is 6.61 Å². The van der Waals surface area contributed by atoms with Gasteiger partial charge in [-0.2, -0.15) is 13.2 Å². The zero-order valence-corrected chi connectivity index (χ0v) is 17.3. The third-order valence-corrected chi connectivity index (χ3v) is 4.19. The first-order chi connectivity index (χ1) is 14.7. The molecule has 0 amide bonds. The van der Waals surface area contributed by atoms with E-state index in [9.17, 15) is 18.0 Å². The summed E-state index contributed by atoms with van der Waals surface area (Å²) in [7, 11) is 0. The third-order valence-electron chi connectivity index (χ3n) is 4.19. The van der Waals surface area contributed by atoms with Gasteiger partial charge in [0.05, 0.1) is 18.8 Å². The van der Waals surface area contributed by atoms with Gasteiger partial charge >= 0.3 is 12.1 Å². The molecule has 2 aromatic carbocycles. The van der Waals surface area contributed by atoms with Crippen molar-refractivity contribution in [2.45, 2.75) is 32.7 Å². The first kappa shape index (κ1) is 24.5. The number of carbonyl (C=O) groups is 1. The zero-order chi connectivity index (χ0) is 22.9. The normalized spacial score (nSPS) is 12.4. The van der Waals surface area contributed by atoms with Gasteiger partial charge in [-0.05, 0) is 55.3 Å². The Morgan fingerprint density at radius 3 is 2.35 bits per heavy atom. The van der Waals surface area contributed by atoms with E-state index in [1.54, 1.807) is 25.1 Å². The molecule has 0 bridgehead atoms. The lowest BCUT2D eigenvalue weighted by Crippen LogP contribution is -2.27. The fourth-order valence-corrected chi connectivity index (χ4v) is 2.68. The molecule has 0 heterocycles. The molecular weight excluding hydrogens is 417 g/mol. The topological polar surface area (TPSA) is 74.2 Å². The van der Waals surface area contributed by atoms with E-state index in [1.807, 2.05) is 6.92 Å². The van der Waals surface area contributed by atoms with E-state index in [-0.39, 0.29) is 25.9 Å². The molecule has 6 nitrogen and oxygen atoms in total. The average molecular weight is 442 g/mol. The van der Waals surface area contributed by atoms with Crippen LogP contribution in [0.3, 0.4) is 0 Å². The molecule has 31 heavy (non-hydrogen) atoms. The maximum absolute atomic E-state index is 12.6. The lowest BCUT2D eigenvalue weighted by Gasteiger charge is -2.18. The first-order valence-corrected chi connectivity index (χ1v) is 9.62. The molecule has 0 fully saturated rings. The Morgan fingerprint density at radius 2 is 1.77 bits per heavy atom. The van der Waals surface area contributed by atoms with E-state index in [1.165, 1.54) is 12.1 Å². The molecule has 1 atom stereocenters. The summed E-state index contributed by atoms with van der Waals surface area (Å²) in [5, 5.41) is 8.68. The Balaban J connectivity index is 1.83. The number of alkyl halides is 3. The summed E-state index contributed by atoms with van der Waals surface area (Å²) < 4.78 is 59.9. The molecule has 2 rings (SSSR count). The minimum absolute atomic E-state index is 0.149. The maximum Gasteiger partial charge on any atom is 0.416 e. The van der Waals surface area contributed by atoms with Crippen LogP contribution in [0.5, 0.6) is 11.5 Å². The Bertz CT molecular complexity index is 836. The smallest absolute Gasteiger partial charge is 0.416 e. The summed E-state index contributed by atoms with van der Waals surface area (Å²) in [6.45, 7) is 4.18. The molecule has 0 aromatic heterocycles. The second-order valence-electron chi connectivity index (χ2n) is 6.71. The van der Waals surface area contributed by atoms with Crippen LogP contribution in [0.1, 0.15) is 23.6 Å². The number of hydrogen-bond donors (Lipinski definition) is 1. The minimum Gasteiger partial charge on any atom is -0.491 e. The third kappa shape index (κ3) is 8.47. The highest BCUT2D eigenvalue weighted by Crippen LogP contribution is 2.29. The van der Waals surface area contributed by atoms with Crippen molar-refractivity contribution in [3.8, 4) is 11.5 Å². The highest BCUT2D eigenvalue weighted by Gasteiger charge is 2.29. The van der Waals surface area contributed by atoms with Crippen LogP contribution in [-0.4, -0.2) is 43.6 Å². The van der Waals surface area contributed by atoms with Gasteiger partial charge < -0.3 is 24.1 Å². The molecule has 170 valence electrons. The minimum atomic E-state index is -4.37. The van der Waals surface area contributed by atoms with Crippen LogP contribution in [0, 0.1) is 6.92 Å². The fourth-order valence-electron chi connectivity index (χ4n) is 2.68. The summed E-state index contributed by atoms with van der Waals surface area (Å²) >= 11 is 0. The van der Waals surface area contributed by atoms with Gasteiger partial charge in [0.1, 0.15) is 24.2 Å². The molecule has 0 aliphatic rings. The second kappa shape index (κ2) is 11.6. The molecule has 0 aliphatic heterocycles. The predicted octanol–water partition coefficient (Wildman–Crippen LogP) is 4.48. The molecule has 0 saturated carbocycles. The number of benzene rings is 2. The highest BCUT2D eigenvalue weighted by molar-refractivity contribution is 5.68. The van der Waals surface area contributed by atoms with Gasteiger partial charge in [-0.3, -0.25) is 0 Å². The Kier molecular flexibility index (Phi) is 9.14. The molecule has 0 aliphatic carbocycles. The number of aryl methyl sites for hydroxylation is 1. The standard InChI is InChI=1S/C22H25F3O6/c1-3-29-19(12-28-11-16-4-6-17(7-5-16)22(23,24)25)13-30-18-8-9-20(15(2)10-18)31-14-21(26)27/h4-10,19H,3,11-14H2,1-2H3,(H,26,27). The number of carboxylic acids is 1. The Labute approximate surface area is 178 Å². The van der Waals surface area contributed by atoms with Gasteiger partial charge in [-0.15, -0.1) is 0 Å². The number of ether oxygens (including phenoxy) is 4. The fraction of sp³-hybridized carbons (Fsp3) is 0.409. The summed E-state index contributed by atoms with van der Waals surface area (Å²) in [6.07, 6.45) is -4.74. The molecule has 0 spiro atoms. The summed E-state index contributed by atoms with van der Waals surface area (Å²) in [4.78, 5) is 10.6. The number of hydrogen-bond acceptors (Lipinski definition) is 5. The van der Waals surface area contributed by atoms with Crippen LogP contribution in [0.25, 0.3) is 0 Å². The highest BCUT2D eigenvalue weighted by atomic mass is 19.4. The van der Waals surface area contributed by atoms with Crippen molar-refractivity contribution in [2.24, 2.45) is 0 Å². The van der Waals surface area contributed by atoms with Crippen LogP contribution in [0.15, 0.2) is 42.5 Å². The summed E-state index contributed by atoms with van der Waals surface area (Å²) in [5.41, 5.74) is 0.647. The summed E-state index contributed by atoms with van der Waals surface area (Å²) in [6, 6.07) is 9.82. The van der Waals surface area contributed by atoms with Gasteiger partial charge in [0.2, 0.25) is 0 Å². The van der Waals surface area contributed by atoms with Crippen molar-refractivity contribution in [3.05, 3.63) is 59.2 Å². The van der Waals surface area contributed by atoms with Crippen LogP contribution in [0.2, 0.25) is 0 Å². The van der Waals surface area contributed by atoms with E-state index in [4.69, 9.17) is 24.1 Å². The van der Waals surface area contributed by atoms with Crippen molar-refractivity contribution in [2.75, 3.05) is 26.4 Å². The van der Waals surface area contributed by atoms with E-state index >= 15 is 0 Å².